The molecule has 0 heterocycles. The largest absolute Gasteiger partial charge is 0.497 e. The molecular weight excluding hydrogens is 222 g/mol. The number of hydrogen-bond donors (Lipinski definition) is 0. The number of benzene rings is 1. The van der Waals surface area contributed by atoms with Crippen LogP contribution in [0.1, 0.15) is 20.7 Å². The number of aldehydes is 2. The van der Waals surface area contributed by atoms with Gasteiger partial charge in [0.15, 0.2) is 12.6 Å². The molecule has 1 rings (SSSR count). The average Bonchev–Trinajstić information content (AvgIpc) is 2.27. The Morgan fingerprint density at radius 1 is 1.25 bits per heavy atom. The number of hydrogen-bond acceptors (Lipinski definition) is 4. The second-order valence-corrected chi connectivity index (χ2v) is 2.74. The quantitative estimate of drug-likeness (QED) is 0.725. The number of rotatable bonds is 5. The van der Waals surface area contributed by atoms with Crippen molar-refractivity contribution in [2.24, 2.45) is 0 Å². The van der Waals surface area contributed by atoms with Crippen LogP contribution in [0.15, 0.2) is 12.1 Å². The van der Waals surface area contributed by atoms with E-state index in [1.165, 1.54) is 13.2 Å². The highest BCUT2D eigenvalue weighted by Gasteiger charge is 2.15. The van der Waals surface area contributed by atoms with E-state index in [9.17, 15) is 18.4 Å². The van der Waals surface area contributed by atoms with Gasteiger partial charge in [0, 0.05) is 11.6 Å². The van der Waals surface area contributed by atoms with E-state index >= 15 is 0 Å². The van der Waals surface area contributed by atoms with Gasteiger partial charge in [-0.3, -0.25) is 9.59 Å². The molecule has 0 unspecified atom stereocenters. The molecule has 1 aromatic carbocycles. The van der Waals surface area contributed by atoms with Crippen LogP contribution in [-0.2, 0) is 0 Å². The minimum Gasteiger partial charge on any atom is -0.497 e. The Labute approximate surface area is 89.8 Å². The van der Waals surface area contributed by atoms with Gasteiger partial charge in [-0.25, -0.2) is 0 Å². The molecule has 0 fully saturated rings. The average molecular weight is 230 g/mol. The van der Waals surface area contributed by atoms with Crippen molar-refractivity contribution in [1.82, 2.24) is 0 Å². The molecule has 0 saturated carbocycles. The zero-order valence-corrected chi connectivity index (χ0v) is 8.28. The number of halogens is 2. The fourth-order valence-corrected chi connectivity index (χ4v) is 1.16. The van der Waals surface area contributed by atoms with Gasteiger partial charge in [0.2, 0.25) is 0 Å². The lowest BCUT2D eigenvalue weighted by atomic mass is 10.1. The van der Waals surface area contributed by atoms with Crippen LogP contribution in [0.4, 0.5) is 8.78 Å². The first kappa shape index (κ1) is 12.1. The van der Waals surface area contributed by atoms with Crippen molar-refractivity contribution in [3.63, 3.8) is 0 Å². The number of alkyl halides is 2. The summed E-state index contributed by atoms with van der Waals surface area (Å²) in [5.74, 6) is -0.227. The topological polar surface area (TPSA) is 52.6 Å². The molecule has 16 heavy (non-hydrogen) atoms. The highest BCUT2D eigenvalue weighted by atomic mass is 19.3. The number of carbonyl (C=O) groups is 2. The smallest absolute Gasteiger partial charge is 0.387 e. The van der Waals surface area contributed by atoms with Crippen molar-refractivity contribution in [2.75, 3.05) is 7.11 Å². The Kier molecular flexibility index (Phi) is 3.93. The second kappa shape index (κ2) is 5.20. The Hall–Kier alpha value is -1.98. The summed E-state index contributed by atoms with van der Waals surface area (Å²) in [6.45, 7) is -3.08. The first-order valence-corrected chi connectivity index (χ1v) is 4.19. The van der Waals surface area contributed by atoms with Crippen LogP contribution >= 0.6 is 0 Å². The van der Waals surface area contributed by atoms with Gasteiger partial charge < -0.3 is 9.47 Å². The Bertz CT molecular complexity index is 404. The van der Waals surface area contributed by atoms with Crippen LogP contribution < -0.4 is 9.47 Å². The van der Waals surface area contributed by atoms with Crippen molar-refractivity contribution >= 4 is 12.6 Å². The normalized spacial score (nSPS) is 10.0. The Balaban J connectivity index is 3.30. The Morgan fingerprint density at radius 2 is 1.94 bits per heavy atom. The van der Waals surface area contributed by atoms with Gasteiger partial charge in [0.05, 0.1) is 12.7 Å². The molecule has 0 aromatic heterocycles. The zero-order valence-electron chi connectivity index (χ0n) is 8.28. The molecule has 1 aromatic rings. The van der Waals surface area contributed by atoms with Crippen LogP contribution in [-0.4, -0.2) is 26.3 Å². The third-order valence-corrected chi connectivity index (χ3v) is 1.84. The predicted molar refractivity (Wildman–Crippen MR) is 50.4 cm³/mol. The molecule has 0 N–H and O–H groups in total. The van der Waals surface area contributed by atoms with Gasteiger partial charge in [0.1, 0.15) is 11.5 Å². The van der Waals surface area contributed by atoms with Gasteiger partial charge in [-0.2, -0.15) is 8.78 Å². The summed E-state index contributed by atoms with van der Waals surface area (Å²) < 4.78 is 33.0. The first-order valence-electron chi connectivity index (χ1n) is 4.19. The van der Waals surface area contributed by atoms with Crippen LogP contribution in [0, 0.1) is 0 Å². The molecule has 86 valence electrons. The van der Waals surface area contributed by atoms with Gasteiger partial charge in [-0.05, 0) is 6.07 Å². The standard InChI is InChI=1S/C10H8F2O4/c1-15-7-2-6(4-13)8(5-14)9(3-7)16-10(11)12/h2-5,10H,1H3. The maximum Gasteiger partial charge on any atom is 0.387 e. The Morgan fingerprint density at radius 3 is 2.38 bits per heavy atom. The molecule has 4 nitrogen and oxygen atoms in total. The third kappa shape index (κ3) is 2.53. The van der Waals surface area contributed by atoms with E-state index in [2.05, 4.69) is 4.74 Å². The van der Waals surface area contributed by atoms with E-state index in [4.69, 9.17) is 4.74 Å². The zero-order chi connectivity index (χ0) is 12.1. The molecule has 6 heteroatoms. The molecule has 0 radical (unpaired) electrons. The molecule has 0 spiro atoms. The highest BCUT2D eigenvalue weighted by molar-refractivity contribution is 5.93. The van der Waals surface area contributed by atoms with Crippen LogP contribution in [0.2, 0.25) is 0 Å². The molecule has 0 aliphatic rings. The van der Waals surface area contributed by atoms with E-state index in [1.807, 2.05) is 0 Å². The first-order chi connectivity index (χ1) is 7.62. The van der Waals surface area contributed by atoms with Crippen molar-refractivity contribution in [2.45, 2.75) is 6.61 Å². The van der Waals surface area contributed by atoms with E-state index in [0.717, 1.165) is 6.07 Å². The molecule has 0 amide bonds. The van der Waals surface area contributed by atoms with Gasteiger partial charge in [0.25, 0.3) is 0 Å². The lowest BCUT2D eigenvalue weighted by molar-refractivity contribution is -0.0501. The van der Waals surface area contributed by atoms with E-state index in [1.54, 1.807) is 0 Å². The minimum absolute atomic E-state index is 0.0648. The molecule has 0 saturated heterocycles. The summed E-state index contributed by atoms with van der Waals surface area (Å²) in [5, 5.41) is 0. The second-order valence-electron chi connectivity index (χ2n) is 2.74. The van der Waals surface area contributed by atoms with Crippen LogP contribution in [0.5, 0.6) is 11.5 Å². The minimum atomic E-state index is -3.08. The van der Waals surface area contributed by atoms with Crippen molar-refractivity contribution in [3.05, 3.63) is 23.3 Å². The van der Waals surface area contributed by atoms with E-state index < -0.39 is 6.61 Å². The summed E-state index contributed by atoms with van der Waals surface area (Å²) in [7, 11) is 1.30. The number of methoxy groups -OCH3 is 1. The van der Waals surface area contributed by atoms with Gasteiger partial charge >= 0.3 is 6.61 Å². The van der Waals surface area contributed by atoms with Crippen LogP contribution in [0.3, 0.4) is 0 Å². The maximum absolute atomic E-state index is 12.0. The van der Waals surface area contributed by atoms with Gasteiger partial charge in [-0.15, -0.1) is 0 Å². The molecule has 0 bridgehead atoms. The van der Waals surface area contributed by atoms with Crippen molar-refractivity contribution in [1.29, 1.82) is 0 Å². The molecule has 0 atom stereocenters. The molecule has 0 aliphatic heterocycles. The van der Waals surface area contributed by atoms with Gasteiger partial charge in [-0.1, -0.05) is 0 Å². The molecular formula is C10H8F2O4. The SMILES string of the molecule is COc1cc(C=O)c(C=O)c(OC(F)F)c1. The van der Waals surface area contributed by atoms with E-state index in [0.29, 0.717) is 6.29 Å². The monoisotopic (exact) mass is 230 g/mol. The molecule has 0 aliphatic carbocycles. The summed E-state index contributed by atoms with van der Waals surface area (Å²) in [6, 6.07) is 2.37. The summed E-state index contributed by atoms with van der Waals surface area (Å²) >= 11 is 0. The van der Waals surface area contributed by atoms with Crippen LogP contribution in [0.25, 0.3) is 0 Å². The lowest BCUT2D eigenvalue weighted by Gasteiger charge is -2.10. The fourth-order valence-electron chi connectivity index (χ4n) is 1.16. The number of ether oxygens (including phenoxy) is 2. The fraction of sp³-hybridized carbons (Fsp3) is 0.200. The van der Waals surface area contributed by atoms with Crippen molar-refractivity contribution in [3.8, 4) is 11.5 Å². The predicted octanol–water partition coefficient (Wildman–Crippen LogP) is 1.92. The van der Waals surface area contributed by atoms with Crippen molar-refractivity contribution < 1.29 is 27.8 Å². The highest BCUT2D eigenvalue weighted by Crippen LogP contribution is 2.28. The summed E-state index contributed by atoms with van der Waals surface area (Å²) in [6.07, 6.45) is 0.644. The summed E-state index contributed by atoms with van der Waals surface area (Å²) in [5.41, 5.74) is -0.291. The lowest BCUT2D eigenvalue weighted by Crippen LogP contribution is -2.06. The summed E-state index contributed by atoms with van der Waals surface area (Å²) in [4.78, 5) is 21.3. The third-order valence-electron chi connectivity index (χ3n) is 1.84. The maximum atomic E-state index is 12.0. The number of carbonyl (C=O) groups excluding carboxylic acids is 2. The van der Waals surface area contributed by atoms with E-state index in [-0.39, 0.29) is 28.9 Å².